The molecular formula is C16H15NO3. The van der Waals surface area contributed by atoms with E-state index in [2.05, 4.69) is 5.32 Å². The maximum absolute atomic E-state index is 11.3. The van der Waals surface area contributed by atoms with Crippen molar-refractivity contribution >= 4 is 17.7 Å². The summed E-state index contributed by atoms with van der Waals surface area (Å²) >= 11 is 0. The van der Waals surface area contributed by atoms with Crippen molar-refractivity contribution in [2.45, 2.75) is 6.04 Å². The Balaban J connectivity index is 2.21. The van der Waals surface area contributed by atoms with Gasteiger partial charge in [0.25, 0.3) is 0 Å². The van der Waals surface area contributed by atoms with Gasteiger partial charge in [-0.3, -0.25) is 0 Å². The molecule has 0 aliphatic rings. The topological polar surface area (TPSA) is 69.6 Å². The molecule has 0 amide bonds. The number of carbonyl (C=O) groups is 1. The molecular weight excluding hydrogens is 254 g/mol. The van der Waals surface area contributed by atoms with Gasteiger partial charge in [-0.05, 0) is 23.8 Å². The fraction of sp³-hybridized carbons (Fsp3) is 0.0625. The Bertz CT molecular complexity index is 594. The van der Waals surface area contributed by atoms with E-state index in [-0.39, 0.29) is 5.76 Å². The first kappa shape index (κ1) is 13.7. The SMILES string of the molecule is O=C(O)C(Nc1ccccc1)C(O)=Cc1ccccc1. The van der Waals surface area contributed by atoms with Gasteiger partial charge in [0.05, 0.1) is 0 Å². The number of nitrogens with one attached hydrogen (secondary N) is 1. The number of anilines is 1. The van der Waals surface area contributed by atoms with Crippen LogP contribution in [0, 0.1) is 0 Å². The Morgan fingerprint density at radius 2 is 1.50 bits per heavy atom. The van der Waals surface area contributed by atoms with Crippen molar-refractivity contribution in [2.75, 3.05) is 5.32 Å². The minimum Gasteiger partial charge on any atom is -0.509 e. The molecule has 1 atom stereocenters. The number of aliphatic hydroxyl groups excluding tert-OH is 1. The number of hydrogen-bond acceptors (Lipinski definition) is 3. The molecule has 0 heterocycles. The second-order valence-corrected chi connectivity index (χ2v) is 4.26. The molecule has 2 aromatic rings. The molecule has 0 saturated carbocycles. The van der Waals surface area contributed by atoms with Gasteiger partial charge in [0.2, 0.25) is 0 Å². The highest BCUT2D eigenvalue weighted by molar-refractivity contribution is 5.82. The molecule has 0 fully saturated rings. The molecule has 0 aromatic heterocycles. The van der Waals surface area contributed by atoms with Crippen LogP contribution >= 0.6 is 0 Å². The largest absolute Gasteiger partial charge is 0.509 e. The smallest absolute Gasteiger partial charge is 0.334 e. The highest BCUT2D eigenvalue weighted by atomic mass is 16.4. The van der Waals surface area contributed by atoms with Gasteiger partial charge in [0, 0.05) is 5.69 Å². The van der Waals surface area contributed by atoms with E-state index in [0.717, 1.165) is 5.56 Å². The number of carboxylic acid groups (broad SMARTS) is 1. The second kappa shape index (κ2) is 6.43. The predicted molar refractivity (Wildman–Crippen MR) is 78.5 cm³/mol. The van der Waals surface area contributed by atoms with Gasteiger partial charge in [-0.2, -0.15) is 0 Å². The zero-order chi connectivity index (χ0) is 14.4. The number of aliphatic hydroxyl groups is 1. The number of aliphatic carboxylic acids is 1. The summed E-state index contributed by atoms with van der Waals surface area (Å²) < 4.78 is 0. The standard InChI is InChI=1S/C16H15NO3/c18-14(11-12-7-3-1-4-8-12)15(16(19)20)17-13-9-5-2-6-10-13/h1-11,15,17-18H,(H,19,20). The molecule has 0 aliphatic carbocycles. The van der Waals surface area contributed by atoms with Crippen LogP contribution in [0.1, 0.15) is 5.56 Å². The minimum absolute atomic E-state index is 0.243. The average Bonchev–Trinajstić information content (AvgIpc) is 2.46. The third-order valence-electron chi connectivity index (χ3n) is 2.74. The van der Waals surface area contributed by atoms with Crippen LogP contribution in [0.5, 0.6) is 0 Å². The van der Waals surface area contributed by atoms with E-state index in [1.807, 2.05) is 24.3 Å². The number of hydrogen-bond donors (Lipinski definition) is 3. The molecule has 2 rings (SSSR count). The summed E-state index contributed by atoms with van der Waals surface area (Å²) in [5.41, 5.74) is 1.37. The molecule has 0 radical (unpaired) electrons. The average molecular weight is 269 g/mol. The summed E-state index contributed by atoms with van der Waals surface area (Å²) in [5.74, 6) is -1.38. The number of para-hydroxylation sites is 1. The molecule has 0 bridgehead atoms. The lowest BCUT2D eigenvalue weighted by Crippen LogP contribution is -2.31. The number of rotatable bonds is 5. The van der Waals surface area contributed by atoms with Crippen LogP contribution in [0.3, 0.4) is 0 Å². The summed E-state index contributed by atoms with van der Waals surface area (Å²) in [7, 11) is 0. The van der Waals surface area contributed by atoms with Crippen molar-refractivity contribution in [3.05, 3.63) is 72.0 Å². The first-order chi connectivity index (χ1) is 9.66. The summed E-state index contributed by atoms with van der Waals surface area (Å²) in [5, 5.41) is 22.0. The summed E-state index contributed by atoms with van der Waals surface area (Å²) in [6.07, 6.45) is 1.44. The lowest BCUT2D eigenvalue weighted by molar-refractivity contribution is -0.137. The van der Waals surface area contributed by atoms with E-state index in [1.54, 1.807) is 36.4 Å². The van der Waals surface area contributed by atoms with Crippen LogP contribution in [-0.4, -0.2) is 22.2 Å². The highest BCUT2D eigenvalue weighted by Gasteiger charge is 2.21. The Morgan fingerprint density at radius 3 is 2.05 bits per heavy atom. The van der Waals surface area contributed by atoms with Gasteiger partial charge in [0.15, 0.2) is 6.04 Å². The fourth-order valence-electron chi connectivity index (χ4n) is 1.77. The Labute approximate surface area is 117 Å². The maximum Gasteiger partial charge on any atom is 0.334 e. The molecule has 0 aliphatic heterocycles. The third kappa shape index (κ3) is 3.62. The van der Waals surface area contributed by atoms with Gasteiger partial charge in [-0.1, -0.05) is 48.5 Å². The first-order valence-electron chi connectivity index (χ1n) is 6.17. The Hall–Kier alpha value is -2.75. The van der Waals surface area contributed by atoms with Gasteiger partial charge < -0.3 is 15.5 Å². The third-order valence-corrected chi connectivity index (χ3v) is 2.74. The molecule has 0 spiro atoms. The van der Waals surface area contributed by atoms with E-state index in [9.17, 15) is 15.0 Å². The van der Waals surface area contributed by atoms with Crippen LogP contribution in [0.25, 0.3) is 6.08 Å². The lowest BCUT2D eigenvalue weighted by Gasteiger charge is -2.15. The summed E-state index contributed by atoms with van der Waals surface area (Å²) in [4.78, 5) is 11.3. The molecule has 4 heteroatoms. The molecule has 1 unspecified atom stereocenters. The molecule has 102 valence electrons. The monoisotopic (exact) mass is 269 g/mol. The van der Waals surface area contributed by atoms with E-state index >= 15 is 0 Å². The van der Waals surface area contributed by atoms with Crippen molar-refractivity contribution in [3.63, 3.8) is 0 Å². The Kier molecular flexibility index (Phi) is 4.39. The van der Waals surface area contributed by atoms with Crippen molar-refractivity contribution in [1.29, 1.82) is 0 Å². The van der Waals surface area contributed by atoms with E-state index < -0.39 is 12.0 Å². The Morgan fingerprint density at radius 1 is 0.950 bits per heavy atom. The first-order valence-corrected chi connectivity index (χ1v) is 6.17. The van der Waals surface area contributed by atoms with E-state index in [4.69, 9.17) is 0 Å². The number of benzene rings is 2. The van der Waals surface area contributed by atoms with Crippen LogP contribution in [0.2, 0.25) is 0 Å². The molecule has 0 saturated heterocycles. The molecule has 2 aromatic carbocycles. The molecule has 4 nitrogen and oxygen atoms in total. The van der Waals surface area contributed by atoms with Crippen LogP contribution < -0.4 is 5.32 Å². The zero-order valence-corrected chi connectivity index (χ0v) is 10.7. The van der Waals surface area contributed by atoms with Gasteiger partial charge >= 0.3 is 5.97 Å². The minimum atomic E-state index is -1.18. The van der Waals surface area contributed by atoms with E-state index in [1.165, 1.54) is 6.08 Å². The van der Waals surface area contributed by atoms with Gasteiger partial charge in [-0.25, -0.2) is 4.79 Å². The quantitative estimate of drug-likeness (QED) is 0.729. The summed E-state index contributed by atoms with van der Waals surface area (Å²) in [6.45, 7) is 0. The van der Waals surface area contributed by atoms with Crippen molar-refractivity contribution in [2.24, 2.45) is 0 Å². The van der Waals surface area contributed by atoms with Gasteiger partial charge in [0.1, 0.15) is 5.76 Å². The zero-order valence-electron chi connectivity index (χ0n) is 10.7. The van der Waals surface area contributed by atoms with Crippen LogP contribution in [0.4, 0.5) is 5.69 Å². The fourth-order valence-corrected chi connectivity index (χ4v) is 1.77. The van der Waals surface area contributed by atoms with E-state index in [0.29, 0.717) is 5.69 Å². The summed E-state index contributed by atoms with van der Waals surface area (Å²) in [6, 6.07) is 16.8. The predicted octanol–water partition coefficient (Wildman–Crippen LogP) is 3.15. The lowest BCUT2D eigenvalue weighted by atomic mass is 10.1. The normalized spacial score (nSPS) is 12.7. The second-order valence-electron chi connectivity index (χ2n) is 4.26. The molecule has 20 heavy (non-hydrogen) atoms. The van der Waals surface area contributed by atoms with Gasteiger partial charge in [-0.15, -0.1) is 0 Å². The van der Waals surface area contributed by atoms with Crippen LogP contribution in [-0.2, 0) is 4.79 Å². The number of carboxylic acids is 1. The maximum atomic E-state index is 11.3. The van der Waals surface area contributed by atoms with Crippen LogP contribution in [0.15, 0.2) is 66.4 Å². The highest BCUT2D eigenvalue weighted by Crippen LogP contribution is 2.14. The molecule has 3 N–H and O–H groups in total. The van der Waals surface area contributed by atoms with Crippen molar-refractivity contribution < 1.29 is 15.0 Å². The van der Waals surface area contributed by atoms with Crippen molar-refractivity contribution in [3.8, 4) is 0 Å². The van der Waals surface area contributed by atoms with Crippen molar-refractivity contribution in [1.82, 2.24) is 0 Å².